The van der Waals surface area contributed by atoms with E-state index in [1.807, 2.05) is 0 Å². The largest absolute Gasteiger partial charge is 0.0888 e. The second-order valence-corrected chi connectivity index (χ2v) is 6.74. The van der Waals surface area contributed by atoms with E-state index in [2.05, 4.69) is 56.1 Å². The van der Waals surface area contributed by atoms with Crippen molar-refractivity contribution in [1.29, 1.82) is 0 Å². The lowest BCUT2D eigenvalue weighted by atomic mass is 9.92. The monoisotopic (exact) mass is 344 g/mol. The van der Waals surface area contributed by atoms with E-state index in [0.717, 1.165) is 5.92 Å². The number of alkyl halides is 1. The Balaban J connectivity index is 2.05. The van der Waals surface area contributed by atoms with Crippen molar-refractivity contribution in [2.75, 3.05) is 0 Å². The van der Waals surface area contributed by atoms with Gasteiger partial charge in [-0.3, -0.25) is 0 Å². The van der Waals surface area contributed by atoms with Gasteiger partial charge in [0.2, 0.25) is 0 Å². The van der Waals surface area contributed by atoms with E-state index < -0.39 is 0 Å². The number of benzene rings is 1. The van der Waals surface area contributed by atoms with E-state index in [1.54, 1.807) is 0 Å². The third kappa shape index (κ3) is 3.33. The second kappa shape index (κ2) is 6.20. The quantitative estimate of drug-likeness (QED) is 0.501. The average Bonchev–Trinajstić information content (AvgIpc) is 2.48. The number of hydrogen-bond acceptors (Lipinski definition) is 0. The highest BCUT2D eigenvalue weighted by Crippen LogP contribution is 2.32. The van der Waals surface area contributed by atoms with Crippen LogP contribution in [-0.2, 0) is 6.42 Å². The lowest BCUT2D eigenvalue weighted by Gasteiger charge is -2.20. The zero-order valence-corrected chi connectivity index (χ0v) is 12.6. The molecule has 1 saturated carbocycles. The van der Waals surface area contributed by atoms with Gasteiger partial charge in [-0.1, -0.05) is 69.3 Å². The Morgan fingerprint density at radius 3 is 2.62 bits per heavy atom. The zero-order valence-electron chi connectivity index (χ0n) is 9.46. The van der Waals surface area contributed by atoms with E-state index in [0.29, 0.717) is 4.83 Å². The average molecular weight is 346 g/mol. The molecule has 2 unspecified atom stereocenters. The first-order valence-corrected chi connectivity index (χ1v) is 7.85. The maximum atomic E-state index is 3.87. The van der Waals surface area contributed by atoms with Crippen LogP contribution in [-0.4, -0.2) is 4.83 Å². The van der Waals surface area contributed by atoms with Gasteiger partial charge < -0.3 is 0 Å². The predicted octanol–water partition coefficient (Wildman–Crippen LogP) is 5.34. The molecule has 1 fully saturated rings. The van der Waals surface area contributed by atoms with Crippen LogP contribution in [0, 0.1) is 5.92 Å². The molecule has 0 nitrogen and oxygen atoms in total. The van der Waals surface area contributed by atoms with Crippen LogP contribution in [0.3, 0.4) is 0 Å². The molecular weight excluding hydrogens is 328 g/mol. The van der Waals surface area contributed by atoms with Crippen molar-refractivity contribution in [3.05, 3.63) is 34.3 Å². The summed E-state index contributed by atoms with van der Waals surface area (Å²) < 4.78 is 1.26. The highest BCUT2D eigenvalue weighted by Gasteiger charge is 2.21. The van der Waals surface area contributed by atoms with Crippen molar-refractivity contribution in [3.8, 4) is 0 Å². The van der Waals surface area contributed by atoms with Gasteiger partial charge in [0.25, 0.3) is 0 Å². The van der Waals surface area contributed by atoms with Crippen molar-refractivity contribution in [2.24, 2.45) is 5.92 Å². The molecule has 1 aromatic rings. The molecule has 0 bridgehead atoms. The van der Waals surface area contributed by atoms with E-state index >= 15 is 0 Å². The van der Waals surface area contributed by atoms with Gasteiger partial charge >= 0.3 is 0 Å². The Kier molecular flexibility index (Phi) is 4.90. The minimum absolute atomic E-state index is 0.710. The molecule has 0 spiro atoms. The van der Waals surface area contributed by atoms with Crippen molar-refractivity contribution in [2.45, 2.75) is 43.4 Å². The van der Waals surface area contributed by atoms with Crippen molar-refractivity contribution >= 4 is 31.9 Å². The van der Waals surface area contributed by atoms with Crippen LogP contribution < -0.4 is 0 Å². The molecule has 0 heterocycles. The Bertz CT molecular complexity index is 335. The fraction of sp³-hybridized carbons (Fsp3) is 0.571. The Morgan fingerprint density at radius 1 is 1.06 bits per heavy atom. The molecule has 0 amide bonds. The van der Waals surface area contributed by atoms with Gasteiger partial charge in [0.15, 0.2) is 0 Å². The summed E-state index contributed by atoms with van der Waals surface area (Å²) in [6, 6.07) is 8.62. The summed E-state index contributed by atoms with van der Waals surface area (Å²) in [4.78, 5) is 0.710. The van der Waals surface area contributed by atoms with Crippen molar-refractivity contribution < 1.29 is 0 Å². The molecule has 16 heavy (non-hydrogen) atoms. The topological polar surface area (TPSA) is 0 Å². The van der Waals surface area contributed by atoms with Gasteiger partial charge in [-0.05, 0) is 36.8 Å². The van der Waals surface area contributed by atoms with Crippen LogP contribution >= 0.6 is 31.9 Å². The SMILES string of the molecule is Brc1ccccc1CC1CCCCCC1Br. The van der Waals surface area contributed by atoms with Gasteiger partial charge in [-0.25, -0.2) is 0 Å². The number of halogens is 2. The van der Waals surface area contributed by atoms with Crippen molar-refractivity contribution in [1.82, 2.24) is 0 Å². The first-order valence-electron chi connectivity index (χ1n) is 6.15. The predicted molar refractivity (Wildman–Crippen MR) is 77.1 cm³/mol. The fourth-order valence-corrected chi connectivity index (χ4v) is 3.74. The lowest BCUT2D eigenvalue weighted by Crippen LogP contribution is -2.15. The first-order chi connectivity index (χ1) is 7.77. The van der Waals surface area contributed by atoms with E-state index in [9.17, 15) is 0 Å². The molecule has 1 aliphatic rings. The van der Waals surface area contributed by atoms with Crippen LogP contribution in [0.25, 0.3) is 0 Å². The van der Waals surface area contributed by atoms with Gasteiger partial charge in [0, 0.05) is 9.30 Å². The van der Waals surface area contributed by atoms with Crippen LogP contribution in [0.4, 0.5) is 0 Å². The summed E-state index contributed by atoms with van der Waals surface area (Å²) in [7, 11) is 0. The van der Waals surface area contributed by atoms with Crippen LogP contribution in [0.1, 0.15) is 37.7 Å². The Morgan fingerprint density at radius 2 is 1.81 bits per heavy atom. The Labute approximate surface area is 115 Å². The summed E-state index contributed by atoms with van der Waals surface area (Å²) in [5.41, 5.74) is 1.46. The molecule has 88 valence electrons. The smallest absolute Gasteiger partial charge is 0.0207 e. The van der Waals surface area contributed by atoms with E-state index in [4.69, 9.17) is 0 Å². The highest BCUT2D eigenvalue weighted by molar-refractivity contribution is 9.10. The van der Waals surface area contributed by atoms with Gasteiger partial charge in [-0.2, -0.15) is 0 Å². The molecule has 0 aliphatic heterocycles. The van der Waals surface area contributed by atoms with Gasteiger partial charge in [0.05, 0.1) is 0 Å². The van der Waals surface area contributed by atoms with Gasteiger partial charge in [0.1, 0.15) is 0 Å². The Hall–Kier alpha value is 0.180. The van der Waals surface area contributed by atoms with Crippen molar-refractivity contribution in [3.63, 3.8) is 0 Å². The minimum atomic E-state index is 0.710. The normalized spacial score (nSPS) is 26.4. The summed E-state index contributed by atoms with van der Waals surface area (Å²) >= 11 is 7.52. The minimum Gasteiger partial charge on any atom is -0.0888 e. The standard InChI is InChI=1S/C14H18Br2/c15-13-8-3-1-2-6-11(13)10-12-7-4-5-9-14(12)16/h4-5,7,9,11,13H,1-3,6,8,10H2. The molecule has 1 aromatic carbocycles. The first kappa shape index (κ1) is 12.6. The molecule has 0 radical (unpaired) electrons. The molecule has 0 aromatic heterocycles. The summed E-state index contributed by atoms with van der Waals surface area (Å²) in [6.45, 7) is 0. The molecule has 0 saturated heterocycles. The second-order valence-electron chi connectivity index (χ2n) is 4.71. The molecule has 1 aliphatic carbocycles. The summed E-state index contributed by atoms with van der Waals surface area (Å²) in [5, 5.41) is 0. The van der Waals surface area contributed by atoms with Crippen LogP contribution in [0.15, 0.2) is 28.7 Å². The molecule has 2 heteroatoms. The molecule has 2 rings (SSSR count). The zero-order chi connectivity index (χ0) is 11.4. The maximum absolute atomic E-state index is 3.87. The summed E-state index contributed by atoms with van der Waals surface area (Å²) in [5.74, 6) is 0.807. The number of hydrogen-bond donors (Lipinski definition) is 0. The lowest BCUT2D eigenvalue weighted by molar-refractivity contribution is 0.475. The van der Waals surface area contributed by atoms with E-state index in [1.165, 1.54) is 48.6 Å². The third-order valence-corrected chi connectivity index (χ3v) is 5.49. The highest BCUT2D eigenvalue weighted by atomic mass is 79.9. The maximum Gasteiger partial charge on any atom is 0.0207 e. The number of rotatable bonds is 2. The fourth-order valence-electron chi connectivity index (χ4n) is 2.52. The third-order valence-electron chi connectivity index (χ3n) is 3.51. The van der Waals surface area contributed by atoms with Crippen LogP contribution in [0.2, 0.25) is 0 Å². The molecular formula is C14H18Br2. The molecule has 2 atom stereocenters. The van der Waals surface area contributed by atoms with E-state index in [-0.39, 0.29) is 0 Å². The summed E-state index contributed by atoms with van der Waals surface area (Å²) in [6.07, 6.45) is 8.12. The van der Waals surface area contributed by atoms with Gasteiger partial charge in [-0.15, -0.1) is 0 Å². The van der Waals surface area contributed by atoms with Crippen LogP contribution in [0.5, 0.6) is 0 Å². The molecule has 0 N–H and O–H groups in total.